The summed E-state index contributed by atoms with van der Waals surface area (Å²) in [5.74, 6) is -2.16. The molecule has 1 rings (SSSR count). The molecule has 0 aliphatic carbocycles. The number of ether oxygens (including phenoxy) is 1. The molecule has 0 amide bonds. The Morgan fingerprint density at radius 2 is 2.13 bits per heavy atom. The minimum atomic E-state index is -0.746. The van der Waals surface area contributed by atoms with E-state index in [4.69, 9.17) is 11.6 Å². The molecular formula is C10H9ClF2O2. The number of benzene rings is 1. The van der Waals surface area contributed by atoms with Crippen molar-refractivity contribution in [1.82, 2.24) is 0 Å². The first-order valence-electron chi connectivity index (χ1n) is 4.18. The Labute approximate surface area is 90.8 Å². The van der Waals surface area contributed by atoms with Crippen LogP contribution < -0.4 is 0 Å². The molecule has 0 aromatic heterocycles. The van der Waals surface area contributed by atoms with Gasteiger partial charge in [-0.15, -0.1) is 11.6 Å². The lowest BCUT2D eigenvalue weighted by molar-refractivity contribution is -0.139. The second-order valence-electron chi connectivity index (χ2n) is 2.91. The third kappa shape index (κ3) is 2.89. The van der Waals surface area contributed by atoms with E-state index in [-0.39, 0.29) is 23.4 Å². The maximum atomic E-state index is 13.2. The third-order valence-corrected chi connectivity index (χ3v) is 2.22. The predicted octanol–water partition coefficient (Wildman–Crippen LogP) is 2.42. The monoisotopic (exact) mass is 234 g/mol. The molecule has 0 fully saturated rings. The summed E-state index contributed by atoms with van der Waals surface area (Å²) in [5.41, 5.74) is 0.345. The second-order valence-corrected chi connectivity index (χ2v) is 3.18. The summed E-state index contributed by atoms with van der Waals surface area (Å²) in [6.07, 6.45) is -0.187. The minimum Gasteiger partial charge on any atom is -0.469 e. The SMILES string of the molecule is COC(=O)Cc1cc(F)cc(F)c1CCl. The Bertz CT molecular complexity index is 380. The van der Waals surface area contributed by atoms with Crippen LogP contribution in [-0.4, -0.2) is 13.1 Å². The van der Waals surface area contributed by atoms with Gasteiger partial charge in [-0.25, -0.2) is 8.78 Å². The fraction of sp³-hybridized carbons (Fsp3) is 0.300. The molecule has 5 heteroatoms. The third-order valence-electron chi connectivity index (χ3n) is 1.95. The predicted molar refractivity (Wildman–Crippen MR) is 51.6 cm³/mol. The molecule has 1 aromatic rings. The van der Waals surface area contributed by atoms with Gasteiger partial charge in [0, 0.05) is 11.6 Å². The first kappa shape index (κ1) is 11.9. The number of carbonyl (C=O) groups excluding carboxylic acids is 1. The molecule has 0 saturated heterocycles. The molecule has 0 aliphatic heterocycles. The van der Waals surface area contributed by atoms with Crippen LogP contribution in [0.4, 0.5) is 8.78 Å². The van der Waals surface area contributed by atoms with Crippen LogP contribution in [0.5, 0.6) is 0 Å². The van der Waals surface area contributed by atoms with Gasteiger partial charge in [0.1, 0.15) is 11.6 Å². The van der Waals surface area contributed by atoms with Crippen LogP contribution in [0, 0.1) is 11.6 Å². The number of halogens is 3. The Kier molecular flexibility index (Phi) is 4.03. The zero-order valence-electron chi connectivity index (χ0n) is 8.02. The fourth-order valence-corrected chi connectivity index (χ4v) is 1.49. The molecule has 0 N–H and O–H groups in total. The van der Waals surface area contributed by atoms with E-state index in [2.05, 4.69) is 4.74 Å². The van der Waals surface area contributed by atoms with Crippen molar-refractivity contribution >= 4 is 17.6 Å². The average molecular weight is 235 g/mol. The number of hydrogen-bond acceptors (Lipinski definition) is 2. The van der Waals surface area contributed by atoms with E-state index in [9.17, 15) is 13.6 Å². The van der Waals surface area contributed by atoms with Crippen molar-refractivity contribution in [1.29, 1.82) is 0 Å². The molecule has 15 heavy (non-hydrogen) atoms. The van der Waals surface area contributed by atoms with Gasteiger partial charge in [-0.2, -0.15) is 0 Å². The van der Waals surface area contributed by atoms with E-state index in [1.165, 1.54) is 7.11 Å². The molecule has 0 bridgehead atoms. The molecule has 0 spiro atoms. The summed E-state index contributed by atoms with van der Waals surface area (Å²) in [6.45, 7) is 0. The molecule has 1 aromatic carbocycles. The number of carbonyl (C=O) groups is 1. The smallest absolute Gasteiger partial charge is 0.309 e. The van der Waals surface area contributed by atoms with Crippen molar-refractivity contribution in [2.75, 3.05) is 7.11 Å². The largest absolute Gasteiger partial charge is 0.469 e. The normalized spacial score (nSPS) is 10.1. The van der Waals surface area contributed by atoms with Crippen LogP contribution in [-0.2, 0) is 21.8 Å². The van der Waals surface area contributed by atoms with Crippen molar-refractivity contribution in [2.24, 2.45) is 0 Å². The van der Waals surface area contributed by atoms with E-state index >= 15 is 0 Å². The molecule has 0 heterocycles. The molecule has 0 aliphatic rings. The molecular weight excluding hydrogens is 226 g/mol. The van der Waals surface area contributed by atoms with Crippen molar-refractivity contribution in [3.63, 3.8) is 0 Å². The second kappa shape index (κ2) is 5.07. The number of esters is 1. The van der Waals surface area contributed by atoms with Crippen molar-refractivity contribution in [3.8, 4) is 0 Å². The van der Waals surface area contributed by atoms with Gasteiger partial charge in [0.15, 0.2) is 0 Å². The summed E-state index contributed by atoms with van der Waals surface area (Å²) in [4.78, 5) is 11.0. The van der Waals surface area contributed by atoms with Gasteiger partial charge in [0.2, 0.25) is 0 Å². The van der Waals surface area contributed by atoms with Gasteiger partial charge in [-0.05, 0) is 11.6 Å². The van der Waals surface area contributed by atoms with Crippen LogP contribution >= 0.6 is 11.6 Å². The van der Waals surface area contributed by atoms with E-state index in [0.29, 0.717) is 0 Å². The molecule has 0 radical (unpaired) electrons. The van der Waals surface area contributed by atoms with Crippen molar-refractivity contribution in [2.45, 2.75) is 12.3 Å². The summed E-state index contributed by atoms with van der Waals surface area (Å²) < 4.78 is 30.5. The van der Waals surface area contributed by atoms with Gasteiger partial charge in [0.25, 0.3) is 0 Å². The molecule has 2 nitrogen and oxygen atoms in total. The fourth-order valence-electron chi connectivity index (χ4n) is 1.19. The van der Waals surface area contributed by atoms with Gasteiger partial charge in [-0.3, -0.25) is 4.79 Å². The lowest BCUT2D eigenvalue weighted by Gasteiger charge is -2.07. The van der Waals surface area contributed by atoms with Crippen LogP contribution in [0.2, 0.25) is 0 Å². The van der Waals surface area contributed by atoms with Crippen molar-refractivity contribution < 1.29 is 18.3 Å². The summed E-state index contributed by atoms with van der Waals surface area (Å²) >= 11 is 5.50. The van der Waals surface area contributed by atoms with E-state index < -0.39 is 17.6 Å². The Morgan fingerprint density at radius 3 is 2.67 bits per heavy atom. The van der Waals surface area contributed by atoms with Gasteiger partial charge in [0.05, 0.1) is 19.4 Å². The Balaban J connectivity index is 3.09. The Morgan fingerprint density at radius 1 is 1.47 bits per heavy atom. The zero-order valence-corrected chi connectivity index (χ0v) is 8.78. The van der Waals surface area contributed by atoms with Crippen LogP contribution in [0.15, 0.2) is 12.1 Å². The van der Waals surface area contributed by atoms with E-state index in [1.807, 2.05) is 0 Å². The highest BCUT2D eigenvalue weighted by atomic mass is 35.5. The average Bonchev–Trinajstić information content (AvgIpc) is 2.17. The highest BCUT2D eigenvalue weighted by Gasteiger charge is 2.13. The molecule has 82 valence electrons. The minimum absolute atomic E-state index is 0.113. The highest BCUT2D eigenvalue weighted by molar-refractivity contribution is 6.17. The maximum absolute atomic E-state index is 13.2. The summed E-state index contributed by atoms with van der Waals surface area (Å²) in [7, 11) is 1.21. The standard InChI is InChI=1S/C10H9ClF2O2/c1-15-10(14)3-6-2-7(12)4-9(13)8(6)5-11/h2,4H,3,5H2,1H3. The van der Waals surface area contributed by atoms with Gasteiger partial charge >= 0.3 is 5.97 Å². The Hall–Kier alpha value is -1.16. The summed E-state index contributed by atoms with van der Waals surface area (Å²) in [6, 6.07) is 1.82. The molecule has 0 atom stereocenters. The van der Waals surface area contributed by atoms with Crippen LogP contribution in [0.25, 0.3) is 0 Å². The number of hydrogen-bond donors (Lipinski definition) is 0. The van der Waals surface area contributed by atoms with Crippen LogP contribution in [0.3, 0.4) is 0 Å². The first-order valence-corrected chi connectivity index (χ1v) is 4.71. The van der Waals surface area contributed by atoms with E-state index in [1.54, 1.807) is 0 Å². The lowest BCUT2D eigenvalue weighted by Crippen LogP contribution is -2.08. The van der Waals surface area contributed by atoms with Crippen molar-refractivity contribution in [3.05, 3.63) is 34.9 Å². The summed E-state index contributed by atoms with van der Waals surface area (Å²) in [5, 5.41) is 0. The zero-order chi connectivity index (χ0) is 11.4. The highest BCUT2D eigenvalue weighted by Crippen LogP contribution is 2.19. The van der Waals surface area contributed by atoms with Gasteiger partial charge < -0.3 is 4.74 Å². The maximum Gasteiger partial charge on any atom is 0.309 e. The number of rotatable bonds is 3. The van der Waals surface area contributed by atoms with Gasteiger partial charge in [-0.1, -0.05) is 0 Å². The quantitative estimate of drug-likeness (QED) is 0.593. The topological polar surface area (TPSA) is 26.3 Å². The number of alkyl halides is 1. The molecule has 0 unspecified atom stereocenters. The van der Waals surface area contributed by atoms with E-state index in [0.717, 1.165) is 12.1 Å². The lowest BCUT2D eigenvalue weighted by atomic mass is 10.1. The van der Waals surface area contributed by atoms with Crippen LogP contribution in [0.1, 0.15) is 11.1 Å². The first-order chi connectivity index (χ1) is 7.08. The molecule has 0 saturated carbocycles. The number of methoxy groups -OCH3 is 1.